The highest BCUT2D eigenvalue weighted by Crippen LogP contribution is 2.35. The first-order valence-electron chi connectivity index (χ1n) is 13.9. The molecule has 40 heavy (non-hydrogen) atoms. The van der Waals surface area contributed by atoms with Gasteiger partial charge in [0.2, 0.25) is 10.0 Å². The Morgan fingerprint density at radius 3 is 2.45 bits per heavy atom. The molecule has 10 heteroatoms. The SMILES string of the molecule is CC1CCN(C2=NC(=O)C(=Cc3cn(-c4ccccc4)nc3-c3cccc(S(=O)(=O)N4CCCCC4)c3)S2)CC1. The Hall–Kier alpha value is -3.21. The van der Waals surface area contributed by atoms with Crippen molar-refractivity contribution >= 4 is 38.9 Å². The molecule has 0 atom stereocenters. The third kappa shape index (κ3) is 5.53. The van der Waals surface area contributed by atoms with Crippen LogP contribution in [0.4, 0.5) is 0 Å². The molecule has 0 radical (unpaired) electrons. The third-order valence-corrected chi connectivity index (χ3v) is 10.7. The number of benzene rings is 2. The van der Waals surface area contributed by atoms with Crippen LogP contribution in [0.5, 0.6) is 0 Å². The molecule has 2 fully saturated rings. The molecule has 1 aromatic heterocycles. The van der Waals surface area contributed by atoms with Crippen molar-refractivity contribution in [1.82, 2.24) is 19.0 Å². The van der Waals surface area contributed by atoms with Gasteiger partial charge in [0, 0.05) is 43.5 Å². The average molecular weight is 576 g/mol. The van der Waals surface area contributed by atoms with Crippen molar-refractivity contribution in [2.45, 2.75) is 43.9 Å². The Morgan fingerprint density at radius 2 is 1.70 bits per heavy atom. The highest BCUT2D eigenvalue weighted by molar-refractivity contribution is 8.18. The molecule has 0 spiro atoms. The second-order valence-electron chi connectivity index (χ2n) is 10.7. The van der Waals surface area contributed by atoms with E-state index in [4.69, 9.17) is 5.10 Å². The molecule has 0 saturated carbocycles. The van der Waals surface area contributed by atoms with Gasteiger partial charge >= 0.3 is 0 Å². The molecule has 1 amide bonds. The number of piperidine rings is 2. The number of likely N-dealkylation sites (tertiary alicyclic amines) is 1. The van der Waals surface area contributed by atoms with Gasteiger partial charge in [0.15, 0.2) is 5.17 Å². The van der Waals surface area contributed by atoms with E-state index in [0.29, 0.717) is 35.2 Å². The number of sulfonamides is 1. The number of aliphatic imine (C=N–C) groups is 1. The predicted molar refractivity (Wildman–Crippen MR) is 160 cm³/mol. The second-order valence-corrected chi connectivity index (χ2v) is 13.6. The summed E-state index contributed by atoms with van der Waals surface area (Å²) in [5, 5.41) is 5.62. The fourth-order valence-electron chi connectivity index (χ4n) is 5.36. The number of amidine groups is 1. The molecule has 3 aliphatic heterocycles. The topological polar surface area (TPSA) is 87.9 Å². The molecule has 0 aliphatic carbocycles. The van der Waals surface area contributed by atoms with Crippen molar-refractivity contribution in [3.63, 3.8) is 0 Å². The summed E-state index contributed by atoms with van der Waals surface area (Å²) in [4.78, 5) is 20.3. The molecule has 0 unspecified atom stereocenters. The molecule has 3 aliphatic rings. The monoisotopic (exact) mass is 575 g/mol. The number of hydrogen-bond donors (Lipinski definition) is 0. The Kier molecular flexibility index (Phi) is 7.65. The van der Waals surface area contributed by atoms with Crippen molar-refractivity contribution in [3.8, 4) is 16.9 Å². The largest absolute Gasteiger partial charge is 0.351 e. The molecular formula is C30H33N5O3S2. The van der Waals surface area contributed by atoms with E-state index in [9.17, 15) is 13.2 Å². The fourth-order valence-corrected chi connectivity index (χ4v) is 7.88. The zero-order valence-electron chi connectivity index (χ0n) is 22.6. The Morgan fingerprint density at radius 1 is 0.950 bits per heavy atom. The summed E-state index contributed by atoms with van der Waals surface area (Å²) in [7, 11) is -3.60. The highest BCUT2D eigenvalue weighted by Gasteiger charge is 2.30. The molecule has 8 nitrogen and oxygen atoms in total. The van der Waals surface area contributed by atoms with Crippen LogP contribution in [0.25, 0.3) is 23.0 Å². The van der Waals surface area contributed by atoms with Crippen LogP contribution in [-0.4, -0.2) is 64.7 Å². The van der Waals surface area contributed by atoms with Crippen LogP contribution in [0.15, 0.2) is 75.6 Å². The lowest BCUT2D eigenvalue weighted by Crippen LogP contribution is -2.35. The van der Waals surface area contributed by atoms with Crippen LogP contribution in [0.2, 0.25) is 0 Å². The molecule has 2 aromatic carbocycles. The minimum Gasteiger partial charge on any atom is -0.351 e. The number of aromatic nitrogens is 2. The maximum Gasteiger partial charge on any atom is 0.286 e. The van der Waals surface area contributed by atoms with E-state index in [2.05, 4.69) is 16.8 Å². The number of carbonyl (C=O) groups excluding carboxylic acids is 1. The third-order valence-electron chi connectivity index (χ3n) is 7.77. The number of hydrogen-bond acceptors (Lipinski definition) is 6. The van der Waals surface area contributed by atoms with E-state index in [0.717, 1.165) is 61.6 Å². The first-order valence-corrected chi connectivity index (χ1v) is 16.2. The van der Waals surface area contributed by atoms with Gasteiger partial charge in [-0.15, -0.1) is 0 Å². The maximum atomic E-state index is 13.4. The fraction of sp³-hybridized carbons (Fsp3) is 0.367. The van der Waals surface area contributed by atoms with Gasteiger partial charge in [-0.3, -0.25) is 4.79 Å². The molecule has 208 valence electrons. The van der Waals surface area contributed by atoms with E-state index in [1.165, 1.54) is 11.8 Å². The number of thioether (sulfide) groups is 1. The summed E-state index contributed by atoms with van der Waals surface area (Å²) in [6.07, 6.45) is 8.73. The summed E-state index contributed by atoms with van der Waals surface area (Å²) >= 11 is 1.40. The quantitative estimate of drug-likeness (QED) is 0.378. The Labute approximate surface area is 239 Å². The minimum atomic E-state index is -3.60. The number of amides is 1. The summed E-state index contributed by atoms with van der Waals surface area (Å²) in [6, 6.07) is 16.7. The van der Waals surface area contributed by atoms with Gasteiger partial charge in [0.05, 0.1) is 15.5 Å². The Balaban J connectivity index is 1.36. The van der Waals surface area contributed by atoms with Gasteiger partial charge in [-0.05, 0) is 73.7 Å². The van der Waals surface area contributed by atoms with Crippen molar-refractivity contribution in [3.05, 3.63) is 71.3 Å². The van der Waals surface area contributed by atoms with Crippen molar-refractivity contribution < 1.29 is 13.2 Å². The minimum absolute atomic E-state index is 0.251. The first kappa shape index (κ1) is 27.0. The van der Waals surface area contributed by atoms with Gasteiger partial charge in [-0.1, -0.05) is 43.7 Å². The molecule has 0 N–H and O–H groups in total. The lowest BCUT2D eigenvalue weighted by molar-refractivity contribution is -0.113. The van der Waals surface area contributed by atoms with E-state index in [-0.39, 0.29) is 10.8 Å². The van der Waals surface area contributed by atoms with Crippen LogP contribution in [-0.2, 0) is 14.8 Å². The molecular weight excluding hydrogens is 542 g/mol. The van der Waals surface area contributed by atoms with Gasteiger partial charge < -0.3 is 4.90 Å². The summed E-state index contributed by atoms with van der Waals surface area (Å²) in [5.41, 5.74) is 2.90. The number of nitrogens with zero attached hydrogens (tertiary/aromatic N) is 5. The number of para-hydroxylation sites is 1. The predicted octanol–water partition coefficient (Wildman–Crippen LogP) is 5.42. The number of carbonyl (C=O) groups is 1. The van der Waals surface area contributed by atoms with E-state index in [1.54, 1.807) is 27.2 Å². The zero-order chi connectivity index (χ0) is 27.7. The standard InChI is InChI=1S/C30H33N5O3S2/c1-22-13-17-33(18-14-22)30-31-29(36)27(39-30)20-24-21-35(25-10-4-2-5-11-25)32-28(24)23-9-8-12-26(19-23)40(37,38)34-15-6-3-7-16-34/h2,4-5,8-12,19-22H,3,6-7,13-18H2,1H3. The van der Waals surface area contributed by atoms with Gasteiger partial charge in [0.25, 0.3) is 5.91 Å². The van der Waals surface area contributed by atoms with Crippen molar-refractivity contribution in [2.24, 2.45) is 10.9 Å². The first-order chi connectivity index (χ1) is 19.4. The smallest absolute Gasteiger partial charge is 0.286 e. The number of rotatable bonds is 5. The van der Waals surface area contributed by atoms with Crippen LogP contribution < -0.4 is 0 Å². The molecule has 3 aromatic rings. The molecule has 2 saturated heterocycles. The van der Waals surface area contributed by atoms with Crippen molar-refractivity contribution in [2.75, 3.05) is 26.2 Å². The van der Waals surface area contributed by atoms with Crippen LogP contribution >= 0.6 is 11.8 Å². The maximum absolute atomic E-state index is 13.4. The Bertz CT molecular complexity index is 1570. The van der Waals surface area contributed by atoms with Gasteiger partial charge in [-0.25, -0.2) is 13.1 Å². The summed E-state index contributed by atoms with van der Waals surface area (Å²) in [6.45, 7) is 5.16. The molecule has 6 rings (SSSR count). The van der Waals surface area contributed by atoms with Gasteiger partial charge in [-0.2, -0.15) is 14.4 Å². The normalized spacial score (nSPS) is 20.3. The van der Waals surface area contributed by atoms with Crippen LogP contribution in [0.3, 0.4) is 0 Å². The van der Waals surface area contributed by atoms with E-state index in [1.807, 2.05) is 48.7 Å². The van der Waals surface area contributed by atoms with E-state index >= 15 is 0 Å². The summed E-state index contributed by atoms with van der Waals surface area (Å²) < 4.78 is 30.2. The average Bonchev–Trinajstić information content (AvgIpc) is 3.58. The second kappa shape index (κ2) is 11.3. The summed E-state index contributed by atoms with van der Waals surface area (Å²) in [5.74, 6) is 0.438. The lowest BCUT2D eigenvalue weighted by Gasteiger charge is -2.30. The van der Waals surface area contributed by atoms with Crippen LogP contribution in [0.1, 0.15) is 44.6 Å². The highest BCUT2D eigenvalue weighted by atomic mass is 32.2. The van der Waals surface area contributed by atoms with Crippen molar-refractivity contribution in [1.29, 1.82) is 0 Å². The zero-order valence-corrected chi connectivity index (χ0v) is 24.2. The lowest BCUT2D eigenvalue weighted by atomic mass is 10.00. The van der Waals surface area contributed by atoms with E-state index < -0.39 is 10.0 Å². The van der Waals surface area contributed by atoms with Gasteiger partial charge in [0.1, 0.15) is 5.69 Å². The molecule has 0 bridgehead atoms. The molecule has 4 heterocycles. The van der Waals surface area contributed by atoms with Crippen LogP contribution in [0, 0.1) is 5.92 Å².